The Morgan fingerprint density at radius 3 is 1.13 bits per heavy atom. The highest BCUT2D eigenvalue weighted by molar-refractivity contribution is 5.94. The molecule has 258 valence electrons. The van der Waals surface area contributed by atoms with Gasteiger partial charge in [0, 0.05) is 52.4 Å². The predicted octanol–water partition coefficient (Wildman–Crippen LogP) is 2.22. The molecule has 0 bridgehead atoms. The van der Waals surface area contributed by atoms with Crippen LogP contribution in [-0.2, 0) is 20.8 Å². The van der Waals surface area contributed by atoms with E-state index in [-0.39, 0.29) is 30.8 Å². The Balaban J connectivity index is 1.77. The standard InChI is InChI=1S/C32H50N4O10/c37-28(38)22-34-13-11-33(12-14-35(23-29(39)40)16-18-36(17-15-34)24-30(41)42)10-8-6-4-2-1-3-5-7-9-25-19-26(31(43)44)21-27(20-25)32(45)46/h19-21H,1-18,22-24H2,(H,37,38)(H,39,40)(H,41,42)(H,43,44)(H,45,46). The van der Waals surface area contributed by atoms with E-state index in [1.165, 1.54) is 18.2 Å². The molecule has 0 aromatic heterocycles. The van der Waals surface area contributed by atoms with Crippen LogP contribution in [0.2, 0.25) is 0 Å². The first-order valence-electron chi connectivity index (χ1n) is 16.1. The van der Waals surface area contributed by atoms with Crippen LogP contribution in [0.5, 0.6) is 0 Å². The lowest BCUT2D eigenvalue weighted by Gasteiger charge is -2.33. The van der Waals surface area contributed by atoms with Gasteiger partial charge in [-0.3, -0.25) is 29.1 Å². The number of hydrogen-bond acceptors (Lipinski definition) is 9. The van der Waals surface area contributed by atoms with Crippen LogP contribution in [0.1, 0.15) is 77.6 Å². The minimum Gasteiger partial charge on any atom is -0.480 e. The Labute approximate surface area is 270 Å². The lowest BCUT2D eigenvalue weighted by molar-refractivity contribution is -0.140. The third-order valence-corrected chi connectivity index (χ3v) is 8.18. The van der Waals surface area contributed by atoms with E-state index in [1.807, 2.05) is 9.80 Å². The summed E-state index contributed by atoms with van der Waals surface area (Å²) in [5.41, 5.74) is 0.695. The van der Waals surface area contributed by atoms with Gasteiger partial charge in [0.15, 0.2) is 0 Å². The number of rotatable bonds is 19. The molecule has 14 nitrogen and oxygen atoms in total. The second-order valence-electron chi connectivity index (χ2n) is 12.0. The third kappa shape index (κ3) is 16.6. The molecule has 0 aliphatic carbocycles. The van der Waals surface area contributed by atoms with E-state index >= 15 is 0 Å². The average Bonchev–Trinajstić information content (AvgIpc) is 2.98. The lowest BCUT2D eigenvalue weighted by atomic mass is 10.00. The molecule has 5 N–H and O–H groups in total. The molecule has 0 amide bonds. The molecule has 1 fully saturated rings. The van der Waals surface area contributed by atoms with Crippen LogP contribution < -0.4 is 0 Å². The molecule has 0 saturated carbocycles. The molecule has 1 saturated heterocycles. The molecule has 14 heteroatoms. The molecule has 1 aliphatic heterocycles. The average molecular weight is 651 g/mol. The quantitative estimate of drug-likeness (QED) is 0.137. The SMILES string of the molecule is O=C(O)CN1CCN(CCCCCCCCCCc2cc(C(=O)O)cc(C(=O)O)c2)CCN(CC(=O)O)CCN(CC(=O)O)CC1. The Hall–Kier alpha value is -3.59. The van der Waals surface area contributed by atoms with Gasteiger partial charge in [-0.1, -0.05) is 38.5 Å². The third-order valence-electron chi connectivity index (χ3n) is 8.18. The fourth-order valence-corrected chi connectivity index (χ4v) is 5.66. The van der Waals surface area contributed by atoms with Crippen molar-refractivity contribution in [2.45, 2.75) is 57.8 Å². The summed E-state index contributed by atoms with van der Waals surface area (Å²) in [7, 11) is 0. The molecular formula is C32H50N4O10. The van der Waals surface area contributed by atoms with Crippen LogP contribution in [0.25, 0.3) is 0 Å². The Morgan fingerprint density at radius 2 is 0.783 bits per heavy atom. The number of carboxylic acids is 5. The van der Waals surface area contributed by atoms with Gasteiger partial charge in [-0.15, -0.1) is 0 Å². The fraction of sp³-hybridized carbons (Fsp3) is 0.656. The Morgan fingerprint density at radius 1 is 0.457 bits per heavy atom. The lowest BCUT2D eigenvalue weighted by Crippen LogP contribution is -2.48. The highest BCUT2D eigenvalue weighted by Crippen LogP contribution is 2.16. The van der Waals surface area contributed by atoms with Crippen LogP contribution in [0, 0.1) is 0 Å². The summed E-state index contributed by atoms with van der Waals surface area (Å²) in [6.45, 7) is 4.26. The van der Waals surface area contributed by atoms with E-state index in [4.69, 9.17) is 0 Å². The van der Waals surface area contributed by atoms with Crippen molar-refractivity contribution in [2.24, 2.45) is 0 Å². The molecule has 1 aromatic carbocycles. The Bertz CT molecular complexity index is 1080. The van der Waals surface area contributed by atoms with Gasteiger partial charge in [0.1, 0.15) is 0 Å². The van der Waals surface area contributed by atoms with E-state index < -0.39 is 29.8 Å². The second-order valence-corrected chi connectivity index (χ2v) is 12.0. The van der Waals surface area contributed by atoms with Crippen molar-refractivity contribution in [3.63, 3.8) is 0 Å². The zero-order valence-electron chi connectivity index (χ0n) is 26.6. The number of benzene rings is 1. The molecule has 0 spiro atoms. The van der Waals surface area contributed by atoms with Crippen LogP contribution in [0.15, 0.2) is 18.2 Å². The zero-order chi connectivity index (χ0) is 33.9. The maximum absolute atomic E-state index is 11.5. The van der Waals surface area contributed by atoms with Crippen molar-refractivity contribution < 1.29 is 49.5 Å². The summed E-state index contributed by atoms with van der Waals surface area (Å²) in [5.74, 6) is -5.13. The van der Waals surface area contributed by atoms with Gasteiger partial charge >= 0.3 is 29.8 Å². The smallest absolute Gasteiger partial charge is 0.335 e. The maximum atomic E-state index is 11.5. The number of aryl methyl sites for hydroxylation is 1. The minimum absolute atomic E-state index is 0.0119. The number of aliphatic carboxylic acids is 3. The van der Waals surface area contributed by atoms with E-state index in [0.717, 1.165) is 63.5 Å². The van der Waals surface area contributed by atoms with Gasteiger partial charge in [-0.2, -0.15) is 0 Å². The minimum atomic E-state index is -1.14. The highest BCUT2D eigenvalue weighted by atomic mass is 16.4. The van der Waals surface area contributed by atoms with Crippen LogP contribution in [0.3, 0.4) is 0 Å². The van der Waals surface area contributed by atoms with Crippen molar-refractivity contribution in [2.75, 3.05) is 78.5 Å². The molecule has 46 heavy (non-hydrogen) atoms. The molecule has 1 aliphatic rings. The predicted molar refractivity (Wildman–Crippen MR) is 170 cm³/mol. The Kier molecular flexibility index (Phi) is 17.8. The first-order chi connectivity index (χ1) is 21.9. The number of carbonyl (C=O) groups is 5. The summed E-state index contributed by atoms with van der Waals surface area (Å²) in [5, 5.41) is 46.5. The normalized spacial score (nSPS) is 16.3. The van der Waals surface area contributed by atoms with Gasteiger partial charge in [0.25, 0.3) is 0 Å². The molecule has 1 heterocycles. The molecule has 2 rings (SSSR count). The molecule has 0 radical (unpaired) electrons. The number of carboxylic acid groups (broad SMARTS) is 5. The topological polar surface area (TPSA) is 199 Å². The zero-order valence-corrected chi connectivity index (χ0v) is 26.6. The monoisotopic (exact) mass is 650 g/mol. The van der Waals surface area contributed by atoms with Crippen molar-refractivity contribution in [1.29, 1.82) is 0 Å². The largest absolute Gasteiger partial charge is 0.480 e. The van der Waals surface area contributed by atoms with Crippen molar-refractivity contribution in [3.8, 4) is 0 Å². The summed E-state index contributed by atoms with van der Waals surface area (Å²) in [6, 6.07) is 4.25. The van der Waals surface area contributed by atoms with Crippen molar-refractivity contribution in [3.05, 3.63) is 34.9 Å². The number of unbranched alkanes of at least 4 members (excludes halogenated alkanes) is 7. The first kappa shape index (κ1) is 38.6. The van der Waals surface area contributed by atoms with Crippen LogP contribution >= 0.6 is 0 Å². The summed E-state index contributed by atoms with van der Waals surface area (Å²) in [6.07, 6.45) is 8.74. The van der Waals surface area contributed by atoms with E-state index in [9.17, 15) is 49.5 Å². The van der Waals surface area contributed by atoms with E-state index in [1.54, 1.807) is 4.90 Å². The van der Waals surface area contributed by atoms with Crippen LogP contribution in [0.4, 0.5) is 0 Å². The van der Waals surface area contributed by atoms with Gasteiger partial charge < -0.3 is 30.4 Å². The summed E-state index contributed by atoms with van der Waals surface area (Å²) >= 11 is 0. The van der Waals surface area contributed by atoms with Gasteiger partial charge in [0.2, 0.25) is 0 Å². The number of aromatic carboxylic acids is 2. The van der Waals surface area contributed by atoms with Gasteiger partial charge in [0.05, 0.1) is 30.8 Å². The number of nitrogens with zero attached hydrogens (tertiary/aromatic N) is 4. The van der Waals surface area contributed by atoms with E-state index in [2.05, 4.69) is 4.90 Å². The molecule has 0 atom stereocenters. The highest BCUT2D eigenvalue weighted by Gasteiger charge is 2.20. The maximum Gasteiger partial charge on any atom is 0.335 e. The first-order valence-corrected chi connectivity index (χ1v) is 16.1. The van der Waals surface area contributed by atoms with Crippen LogP contribution in [-0.4, -0.2) is 154 Å². The van der Waals surface area contributed by atoms with Gasteiger partial charge in [-0.05, 0) is 49.6 Å². The number of hydrogen-bond donors (Lipinski definition) is 5. The molecule has 1 aromatic rings. The second kappa shape index (κ2) is 21.3. The van der Waals surface area contributed by atoms with Crippen molar-refractivity contribution >= 4 is 29.8 Å². The van der Waals surface area contributed by atoms with Gasteiger partial charge in [-0.25, -0.2) is 9.59 Å². The van der Waals surface area contributed by atoms with E-state index in [0.29, 0.717) is 58.8 Å². The summed E-state index contributed by atoms with van der Waals surface area (Å²) in [4.78, 5) is 64.5. The molecule has 0 unspecified atom stereocenters. The molecular weight excluding hydrogens is 600 g/mol. The summed E-state index contributed by atoms with van der Waals surface area (Å²) < 4.78 is 0. The fourth-order valence-electron chi connectivity index (χ4n) is 5.66. The van der Waals surface area contributed by atoms with Crippen molar-refractivity contribution in [1.82, 2.24) is 19.6 Å².